The van der Waals surface area contributed by atoms with E-state index in [1.807, 2.05) is 0 Å². The number of nitrogens with one attached hydrogen (secondary N) is 2. The maximum Gasteiger partial charge on any atom is 0.418 e. The van der Waals surface area contributed by atoms with Crippen molar-refractivity contribution in [2.45, 2.75) is 19.6 Å². The van der Waals surface area contributed by atoms with Crippen LogP contribution in [0.4, 0.5) is 18.9 Å². The molecular formula is C25H19F3N4O2. The molecule has 2 aromatic heterocycles. The Morgan fingerprint density at radius 3 is 2.44 bits per heavy atom. The SMILES string of the molecule is Cc1nc2ncccc2cc1C(=O)NCc1ccc(NC(=O)c2ccccc2)c(C(F)(F)F)c1. The number of anilines is 1. The summed E-state index contributed by atoms with van der Waals surface area (Å²) in [4.78, 5) is 33.5. The summed E-state index contributed by atoms with van der Waals surface area (Å²) in [7, 11) is 0. The van der Waals surface area contributed by atoms with Crippen molar-refractivity contribution < 1.29 is 22.8 Å². The molecule has 0 atom stereocenters. The summed E-state index contributed by atoms with van der Waals surface area (Å²) >= 11 is 0. The van der Waals surface area contributed by atoms with E-state index in [1.54, 1.807) is 49.5 Å². The number of nitrogens with zero attached hydrogens (tertiary/aromatic N) is 2. The summed E-state index contributed by atoms with van der Waals surface area (Å²) in [6, 6.07) is 16.6. The zero-order chi connectivity index (χ0) is 24.3. The first kappa shape index (κ1) is 22.9. The Kier molecular flexibility index (Phi) is 6.27. The van der Waals surface area contributed by atoms with Gasteiger partial charge in [0.15, 0.2) is 5.65 Å². The maximum atomic E-state index is 13.7. The Labute approximate surface area is 192 Å². The number of rotatable bonds is 5. The van der Waals surface area contributed by atoms with Gasteiger partial charge in [-0.1, -0.05) is 24.3 Å². The average Bonchev–Trinajstić information content (AvgIpc) is 2.82. The standard InChI is InChI=1S/C25H19F3N4O2/c1-15-19(13-18-8-5-11-29-22(18)31-15)24(34)30-14-16-9-10-21(20(12-16)25(26,27)28)32-23(33)17-6-3-2-4-7-17/h2-13H,14H2,1H3,(H,30,34)(H,32,33). The number of hydrogen-bond donors (Lipinski definition) is 2. The van der Waals surface area contributed by atoms with Crippen LogP contribution in [0.25, 0.3) is 11.0 Å². The van der Waals surface area contributed by atoms with Crippen LogP contribution in [0.15, 0.2) is 72.9 Å². The molecule has 0 radical (unpaired) electrons. The molecule has 4 rings (SSSR count). The van der Waals surface area contributed by atoms with Gasteiger partial charge in [0.2, 0.25) is 0 Å². The molecule has 2 amide bonds. The molecule has 0 aliphatic heterocycles. The van der Waals surface area contributed by atoms with E-state index in [1.165, 1.54) is 24.3 Å². The highest BCUT2D eigenvalue weighted by molar-refractivity contribution is 6.04. The molecule has 4 aromatic rings. The zero-order valence-electron chi connectivity index (χ0n) is 18.0. The van der Waals surface area contributed by atoms with Crippen LogP contribution in [0.5, 0.6) is 0 Å². The van der Waals surface area contributed by atoms with Crippen molar-refractivity contribution in [3.63, 3.8) is 0 Å². The average molecular weight is 464 g/mol. The van der Waals surface area contributed by atoms with E-state index in [0.717, 1.165) is 6.07 Å². The van der Waals surface area contributed by atoms with Crippen LogP contribution < -0.4 is 10.6 Å². The van der Waals surface area contributed by atoms with Crippen molar-refractivity contribution in [1.82, 2.24) is 15.3 Å². The highest BCUT2D eigenvalue weighted by Gasteiger charge is 2.34. The Balaban J connectivity index is 1.53. The second-order valence-electron chi connectivity index (χ2n) is 7.55. The summed E-state index contributed by atoms with van der Waals surface area (Å²) in [6.07, 6.45) is -3.11. The van der Waals surface area contributed by atoms with Gasteiger partial charge in [-0.15, -0.1) is 0 Å². The number of aryl methyl sites for hydroxylation is 1. The van der Waals surface area contributed by atoms with E-state index in [9.17, 15) is 22.8 Å². The lowest BCUT2D eigenvalue weighted by molar-refractivity contribution is -0.137. The first-order chi connectivity index (χ1) is 16.2. The highest BCUT2D eigenvalue weighted by atomic mass is 19.4. The van der Waals surface area contributed by atoms with Crippen LogP contribution in [-0.2, 0) is 12.7 Å². The van der Waals surface area contributed by atoms with Gasteiger partial charge in [0.05, 0.1) is 22.5 Å². The quantitative estimate of drug-likeness (QED) is 0.429. The number of hydrogen-bond acceptors (Lipinski definition) is 4. The molecule has 0 saturated carbocycles. The van der Waals surface area contributed by atoms with Gasteiger partial charge >= 0.3 is 6.18 Å². The summed E-state index contributed by atoms with van der Waals surface area (Å²) in [5.41, 5.74) is 0.367. The molecule has 0 bridgehead atoms. The van der Waals surface area contributed by atoms with Crippen LogP contribution in [0.2, 0.25) is 0 Å². The number of carbonyl (C=O) groups excluding carboxylic acids is 2. The lowest BCUT2D eigenvalue weighted by Crippen LogP contribution is -2.24. The molecular weight excluding hydrogens is 445 g/mol. The summed E-state index contributed by atoms with van der Waals surface area (Å²) in [6.45, 7) is 1.52. The van der Waals surface area contributed by atoms with Crippen LogP contribution >= 0.6 is 0 Å². The van der Waals surface area contributed by atoms with Crippen molar-refractivity contribution in [1.29, 1.82) is 0 Å². The van der Waals surface area contributed by atoms with E-state index in [4.69, 9.17) is 0 Å². The van der Waals surface area contributed by atoms with Crippen molar-refractivity contribution in [3.05, 3.63) is 101 Å². The lowest BCUT2D eigenvalue weighted by atomic mass is 10.1. The van der Waals surface area contributed by atoms with Gasteiger partial charge in [0.25, 0.3) is 11.8 Å². The van der Waals surface area contributed by atoms with Crippen LogP contribution in [0.1, 0.15) is 37.5 Å². The van der Waals surface area contributed by atoms with Gasteiger partial charge in [-0.05, 0) is 55.0 Å². The van der Waals surface area contributed by atoms with Crippen molar-refractivity contribution >= 4 is 28.5 Å². The normalized spacial score (nSPS) is 11.3. The summed E-state index contributed by atoms with van der Waals surface area (Å²) in [5, 5.41) is 5.62. The smallest absolute Gasteiger partial charge is 0.348 e. The van der Waals surface area contributed by atoms with E-state index in [0.29, 0.717) is 22.3 Å². The predicted octanol–water partition coefficient (Wildman–Crippen LogP) is 5.14. The molecule has 2 heterocycles. The lowest BCUT2D eigenvalue weighted by Gasteiger charge is -2.16. The predicted molar refractivity (Wildman–Crippen MR) is 121 cm³/mol. The molecule has 0 aliphatic rings. The number of fused-ring (bicyclic) bond motifs is 1. The van der Waals surface area contributed by atoms with Gasteiger partial charge in [-0.3, -0.25) is 9.59 Å². The number of alkyl halides is 3. The molecule has 0 saturated heterocycles. The molecule has 34 heavy (non-hydrogen) atoms. The second-order valence-corrected chi connectivity index (χ2v) is 7.55. The van der Waals surface area contributed by atoms with Crippen molar-refractivity contribution in [3.8, 4) is 0 Å². The molecule has 0 unspecified atom stereocenters. The molecule has 6 nitrogen and oxygen atoms in total. The molecule has 0 aliphatic carbocycles. The molecule has 9 heteroatoms. The minimum atomic E-state index is -4.70. The van der Waals surface area contributed by atoms with Crippen LogP contribution in [-0.4, -0.2) is 21.8 Å². The third kappa shape index (κ3) is 5.03. The molecule has 2 N–H and O–H groups in total. The number of carbonyl (C=O) groups is 2. The van der Waals surface area contributed by atoms with E-state index >= 15 is 0 Å². The summed E-state index contributed by atoms with van der Waals surface area (Å²) in [5.74, 6) is -1.12. The Morgan fingerprint density at radius 1 is 0.941 bits per heavy atom. The van der Waals surface area contributed by atoms with Gasteiger partial charge in [0, 0.05) is 23.7 Å². The fourth-order valence-corrected chi connectivity index (χ4v) is 3.43. The maximum absolute atomic E-state index is 13.7. The number of pyridine rings is 2. The third-order valence-electron chi connectivity index (χ3n) is 5.15. The fraction of sp³-hybridized carbons (Fsp3) is 0.120. The Hall–Kier alpha value is -4.27. The van der Waals surface area contributed by atoms with Gasteiger partial charge in [0.1, 0.15) is 0 Å². The fourth-order valence-electron chi connectivity index (χ4n) is 3.43. The van der Waals surface area contributed by atoms with Crippen molar-refractivity contribution in [2.75, 3.05) is 5.32 Å². The highest BCUT2D eigenvalue weighted by Crippen LogP contribution is 2.35. The summed E-state index contributed by atoms with van der Waals surface area (Å²) < 4.78 is 41.1. The van der Waals surface area contributed by atoms with E-state index in [2.05, 4.69) is 20.6 Å². The molecule has 0 fully saturated rings. The minimum Gasteiger partial charge on any atom is -0.348 e. The Bertz CT molecular complexity index is 1370. The number of halogens is 3. The molecule has 172 valence electrons. The van der Waals surface area contributed by atoms with Crippen molar-refractivity contribution in [2.24, 2.45) is 0 Å². The topological polar surface area (TPSA) is 84.0 Å². The number of benzene rings is 2. The van der Waals surface area contributed by atoms with Gasteiger partial charge in [-0.2, -0.15) is 13.2 Å². The van der Waals surface area contributed by atoms with E-state index in [-0.39, 0.29) is 23.4 Å². The molecule has 2 aromatic carbocycles. The van der Waals surface area contributed by atoms with Gasteiger partial charge < -0.3 is 10.6 Å². The zero-order valence-corrected chi connectivity index (χ0v) is 18.0. The third-order valence-corrected chi connectivity index (χ3v) is 5.15. The molecule has 0 spiro atoms. The van der Waals surface area contributed by atoms with Crippen LogP contribution in [0, 0.1) is 6.92 Å². The number of aromatic nitrogens is 2. The van der Waals surface area contributed by atoms with E-state index < -0.39 is 23.6 Å². The number of amides is 2. The largest absolute Gasteiger partial charge is 0.418 e. The first-order valence-corrected chi connectivity index (χ1v) is 10.3. The first-order valence-electron chi connectivity index (χ1n) is 10.3. The van der Waals surface area contributed by atoms with Gasteiger partial charge in [-0.25, -0.2) is 9.97 Å². The second kappa shape index (κ2) is 9.30. The minimum absolute atomic E-state index is 0.140. The Morgan fingerprint density at radius 2 is 1.71 bits per heavy atom. The monoisotopic (exact) mass is 464 g/mol. The van der Waals surface area contributed by atoms with Crippen LogP contribution in [0.3, 0.4) is 0 Å².